The molecule has 2 aliphatic heterocycles. The second-order valence-electron chi connectivity index (χ2n) is 17.7. The number of H-pyrrole nitrogens is 1. The van der Waals surface area contributed by atoms with Crippen LogP contribution >= 0.6 is 0 Å². The molecule has 4 heterocycles. The number of fused-ring (bicyclic) bond motifs is 2. The average Bonchev–Trinajstić information content (AvgIpc) is 3.92. The van der Waals surface area contributed by atoms with Crippen LogP contribution in [0.1, 0.15) is 66.4 Å². The van der Waals surface area contributed by atoms with Crippen molar-refractivity contribution >= 4 is 45.6 Å². The van der Waals surface area contributed by atoms with E-state index in [2.05, 4.69) is 26.3 Å². The summed E-state index contributed by atoms with van der Waals surface area (Å²) in [4.78, 5) is 64.1. The molecular formula is C43H55F6N9O4. The molecule has 6 rings (SSSR count). The minimum Gasteiger partial charge on any atom is -0.352 e. The smallest absolute Gasteiger partial charge is 0.267 e. The molecule has 0 spiro atoms. The van der Waals surface area contributed by atoms with Gasteiger partial charge in [-0.3, -0.25) is 19.2 Å². The van der Waals surface area contributed by atoms with E-state index >= 15 is 17.6 Å². The van der Waals surface area contributed by atoms with E-state index in [0.29, 0.717) is 16.5 Å². The highest BCUT2D eigenvalue weighted by molar-refractivity contribution is 5.93. The summed E-state index contributed by atoms with van der Waals surface area (Å²) in [5, 5.41) is 11.4. The number of benzene rings is 2. The van der Waals surface area contributed by atoms with E-state index in [1.165, 1.54) is 28.8 Å². The topological polar surface area (TPSA) is 156 Å². The third-order valence-corrected chi connectivity index (χ3v) is 12.0. The number of carbonyl (C=O) groups excluding carboxylic acids is 4. The summed E-state index contributed by atoms with van der Waals surface area (Å²) in [6.07, 6.45) is -1.59. The van der Waals surface area contributed by atoms with Crippen molar-refractivity contribution in [3.05, 3.63) is 53.6 Å². The van der Waals surface area contributed by atoms with Crippen molar-refractivity contribution < 1.29 is 45.5 Å². The molecule has 1 unspecified atom stereocenters. The van der Waals surface area contributed by atoms with Crippen LogP contribution in [0.5, 0.6) is 0 Å². The number of imidazole rings is 1. The van der Waals surface area contributed by atoms with Gasteiger partial charge in [0.15, 0.2) is 5.82 Å². The van der Waals surface area contributed by atoms with Gasteiger partial charge in [0.05, 0.1) is 47.9 Å². The van der Waals surface area contributed by atoms with Crippen molar-refractivity contribution in [3.63, 3.8) is 0 Å². The molecule has 13 nitrogen and oxygen atoms in total. The molecule has 2 aliphatic rings. The predicted molar refractivity (Wildman–Crippen MR) is 221 cm³/mol. The minimum absolute atomic E-state index is 0.0609. The molecule has 0 aliphatic carbocycles. The van der Waals surface area contributed by atoms with Gasteiger partial charge in [0.2, 0.25) is 23.6 Å². The van der Waals surface area contributed by atoms with E-state index < -0.39 is 115 Å². The fourth-order valence-electron chi connectivity index (χ4n) is 8.39. The zero-order valence-electron chi connectivity index (χ0n) is 36.1. The summed E-state index contributed by atoms with van der Waals surface area (Å²) in [5.74, 6) is -10.3. The summed E-state index contributed by atoms with van der Waals surface area (Å²) < 4.78 is 93.1. The quantitative estimate of drug-likeness (QED) is 0.110. The van der Waals surface area contributed by atoms with Gasteiger partial charge in [0, 0.05) is 42.4 Å². The lowest BCUT2D eigenvalue weighted by Crippen LogP contribution is -2.58. The maximum atomic E-state index is 15.5. The lowest BCUT2D eigenvalue weighted by molar-refractivity contribution is -0.141. The molecule has 338 valence electrons. The standard InChI is InChI=1S/C43H55F6N9O4/c1-9-30(54-37(59)22(2)50-7)39(61)57-20-42(46,47)17-26(57)16-29-28-12-10-24(44)14-31(28)52-34(29)36-53-32-15-25(45)11-13-33(32)56(36)19-27-18-43(48,49)21-58(27)40(62)35(41(4,5)6)55-38(60)23(3)51-8/h10-15,22-23,26-27,30,35,50-52H,9,16-21H2,1-8H3,(H,54,59)(H,55,60)/t22-,23-,26+,27-,30?,35+/m0/s1. The Kier molecular flexibility index (Phi) is 13.1. The Hall–Kier alpha value is -5.17. The molecule has 2 saturated heterocycles. The van der Waals surface area contributed by atoms with Gasteiger partial charge in [0.25, 0.3) is 11.8 Å². The third-order valence-electron chi connectivity index (χ3n) is 12.0. The number of likely N-dealkylation sites (N-methyl/N-ethyl adjacent to an activating group) is 2. The van der Waals surface area contributed by atoms with E-state index in [-0.39, 0.29) is 41.9 Å². The monoisotopic (exact) mass is 875 g/mol. The first-order valence-corrected chi connectivity index (χ1v) is 20.8. The molecule has 2 aromatic heterocycles. The van der Waals surface area contributed by atoms with Gasteiger partial charge >= 0.3 is 0 Å². The predicted octanol–water partition coefficient (Wildman–Crippen LogP) is 5.12. The van der Waals surface area contributed by atoms with Crippen LogP contribution in [0, 0.1) is 17.0 Å². The zero-order valence-corrected chi connectivity index (χ0v) is 36.1. The minimum atomic E-state index is -3.33. The van der Waals surface area contributed by atoms with E-state index in [9.17, 15) is 28.0 Å². The Labute approximate surface area is 355 Å². The number of hydrogen-bond donors (Lipinski definition) is 5. The van der Waals surface area contributed by atoms with Gasteiger partial charge in [-0.25, -0.2) is 31.3 Å². The molecular weight excluding hydrogens is 821 g/mol. The molecule has 4 aromatic rings. The molecule has 2 aromatic carbocycles. The Morgan fingerprint density at radius 3 is 2.00 bits per heavy atom. The number of halogens is 6. The van der Waals surface area contributed by atoms with Crippen molar-refractivity contribution in [2.45, 2.75) is 122 Å². The van der Waals surface area contributed by atoms with E-state index in [0.717, 1.165) is 21.9 Å². The molecule has 4 amide bonds. The number of nitrogens with zero attached hydrogens (tertiary/aromatic N) is 4. The van der Waals surface area contributed by atoms with Crippen LogP contribution in [0.4, 0.5) is 26.3 Å². The summed E-state index contributed by atoms with van der Waals surface area (Å²) in [5.41, 5.74) is 0.271. The zero-order chi connectivity index (χ0) is 45.6. The lowest BCUT2D eigenvalue weighted by atomic mass is 9.85. The van der Waals surface area contributed by atoms with Crippen molar-refractivity contribution in [2.75, 3.05) is 27.2 Å². The first-order valence-electron chi connectivity index (χ1n) is 20.8. The molecule has 0 saturated carbocycles. The molecule has 19 heteroatoms. The Bertz CT molecular complexity index is 2340. The van der Waals surface area contributed by atoms with Gasteiger partial charge in [-0.15, -0.1) is 0 Å². The third kappa shape index (κ3) is 9.57. The molecule has 0 radical (unpaired) electrons. The van der Waals surface area contributed by atoms with Gasteiger partial charge < -0.3 is 40.6 Å². The molecule has 62 heavy (non-hydrogen) atoms. The number of amides is 4. The number of alkyl halides is 4. The summed E-state index contributed by atoms with van der Waals surface area (Å²) in [6.45, 7) is 7.79. The Morgan fingerprint density at radius 2 is 1.40 bits per heavy atom. The van der Waals surface area contributed by atoms with Crippen molar-refractivity contribution in [3.8, 4) is 11.5 Å². The summed E-state index contributed by atoms with van der Waals surface area (Å²) in [7, 11) is 3.13. The van der Waals surface area contributed by atoms with E-state index in [1.807, 2.05) is 0 Å². The molecule has 2 fully saturated rings. The van der Waals surface area contributed by atoms with E-state index in [4.69, 9.17) is 4.98 Å². The fourth-order valence-corrected chi connectivity index (χ4v) is 8.39. The highest BCUT2D eigenvalue weighted by atomic mass is 19.3. The van der Waals surface area contributed by atoms with Crippen LogP contribution in [0.15, 0.2) is 36.4 Å². The van der Waals surface area contributed by atoms with Crippen molar-refractivity contribution in [1.82, 2.24) is 45.6 Å². The maximum absolute atomic E-state index is 15.5. The number of aromatic nitrogens is 3. The second kappa shape index (κ2) is 17.5. The summed E-state index contributed by atoms with van der Waals surface area (Å²) >= 11 is 0. The molecule has 0 bridgehead atoms. The van der Waals surface area contributed by atoms with Gasteiger partial charge in [-0.2, -0.15) is 0 Å². The number of aromatic amines is 1. The van der Waals surface area contributed by atoms with Crippen LogP contribution in [0.2, 0.25) is 0 Å². The van der Waals surface area contributed by atoms with Crippen molar-refractivity contribution in [1.29, 1.82) is 0 Å². The first kappa shape index (κ1) is 46.3. The lowest BCUT2D eigenvalue weighted by Gasteiger charge is -2.36. The van der Waals surface area contributed by atoms with Crippen LogP contribution in [-0.2, 0) is 32.1 Å². The number of likely N-dealkylation sites (tertiary alicyclic amines) is 2. The molecule has 5 N–H and O–H groups in total. The van der Waals surface area contributed by atoms with Gasteiger partial charge in [-0.1, -0.05) is 27.7 Å². The number of hydrogen-bond acceptors (Lipinski definition) is 7. The Balaban J connectivity index is 1.44. The maximum Gasteiger partial charge on any atom is 0.267 e. The Morgan fingerprint density at radius 1 is 0.839 bits per heavy atom. The number of nitrogens with one attached hydrogen (secondary N) is 5. The van der Waals surface area contributed by atoms with Gasteiger partial charge in [0.1, 0.15) is 23.7 Å². The van der Waals surface area contributed by atoms with Crippen molar-refractivity contribution in [2.24, 2.45) is 5.41 Å². The second-order valence-corrected chi connectivity index (χ2v) is 17.7. The SMILES string of the molecule is CCC(NC(=O)[C@H](C)NC)C(=O)N1CC(F)(F)C[C@H]1Cc1c(-c2nc3cc(F)ccc3n2C[C@@H]2CC(F)(F)CN2C(=O)[C@@H](NC(=O)[C@H](C)NC)C(C)(C)C)[nH]c2cc(F)ccc12. The number of carbonyl (C=O) groups is 4. The fraction of sp³-hybridized carbons (Fsp3) is 0.558. The van der Waals surface area contributed by atoms with Crippen LogP contribution < -0.4 is 21.3 Å². The average molecular weight is 876 g/mol. The van der Waals surface area contributed by atoms with Crippen LogP contribution in [0.3, 0.4) is 0 Å². The highest BCUT2D eigenvalue weighted by Gasteiger charge is 2.51. The van der Waals surface area contributed by atoms with Gasteiger partial charge in [-0.05, 0) is 82.1 Å². The highest BCUT2D eigenvalue weighted by Crippen LogP contribution is 2.41. The van der Waals surface area contributed by atoms with Crippen LogP contribution in [-0.4, -0.2) is 123 Å². The first-order chi connectivity index (χ1) is 29.0. The summed E-state index contributed by atoms with van der Waals surface area (Å²) in [6, 6.07) is 1.58. The normalized spacial score (nSPS) is 20.7. The number of rotatable bonds is 14. The van der Waals surface area contributed by atoms with E-state index in [1.54, 1.807) is 55.6 Å². The largest absolute Gasteiger partial charge is 0.352 e. The van der Waals surface area contributed by atoms with Crippen LogP contribution in [0.25, 0.3) is 33.5 Å². The molecule has 6 atom stereocenters.